The van der Waals surface area contributed by atoms with Crippen molar-refractivity contribution in [2.24, 2.45) is 17.1 Å². The van der Waals surface area contributed by atoms with Crippen molar-refractivity contribution < 1.29 is 14.3 Å². The average molecular weight is 270 g/mol. The van der Waals surface area contributed by atoms with Crippen LogP contribution in [0.4, 0.5) is 4.79 Å². The molecule has 0 spiro atoms. The lowest BCUT2D eigenvalue weighted by Crippen LogP contribution is -2.48. The highest BCUT2D eigenvalue weighted by Crippen LogP contribution is 2.53. The Labute approximate surface area is 115 Å². The fourth-order valence-corrected chi connectivity index (χ4v) is 2.81. The van der Waals surface area contributed by atoms with Crippen molar-refractivity contribution in [3.63, 3.8) is 0 Å². The number of ether oxygens (including phenoxy) is 2. The number of carbonyl (C=O) groups is 1. The van der Waals surface area contributed by atoms with Crippen molar-refractivity contribution in [1.82, 2.24) is 4.90 Å². The molecule has 2 fully saturated rings. The summed E-state index contributed by atoms with van der Waals surface area (Å²) in [6.07, 6.45) is -0.223. The molecule has 1 aliphatic heterocycles. The van der Waals surface area contributed by atoms with Crippen molar-refractivity contribution in [3.8, 4) is 0 Å². The fraction of sp³-hybridized carbons (Fsp3) is 0.929. The standard InChI is InChI=1S/C14H26N2O3/c1-13(2,3)19-12(17)16-6-7-18-9(8-16)10-11(15)14(10,4)5/h9-11H,6-8,15H2,1-5H3/t9?,10-,11-/m0/s1. The third kappa shape index (κ3) is 3.03. The number of amides is 1. The number of nitrogens with two attached hydrogens (primary N) is 1. The van der Waals surface area contributed by atoms with Crippen LogP contribution in [0.3, 0.4) is 0 Å². The van der Waals surface area contributed by atoms with Gasteiger partial charge in [-0.25, -0.2) is 4.79 Å². The SMILES string of the molecule is CC(C)(C)OC(=O)N1CCOC([C@H]2[C@H](N)C2(C)C)C1. The molecular formula is C14H26N2O3. The lowest BCUT2D eigenvalue weighted by atomic mass is 10.0. The van der Waals surface area contributed by atoms with Gasteiger partial charge in [0, 0.05) is 18.5 Å². The van der Waals surface area contributed by atoms with Crippen molar-refractivity contribution in [2.45, 2.75) is 52.4 Å². The van der Waals surface area contributed by atoms with E-state index >= 15 is 0 Å². The van der Waals surface area contributed by atoms with Crippen LogP contribution >= 0.6 is 0 Å². The maximum absolute atomic E-state index is 12.1. The van der Waals surface area contributed by atoms with Crippen LogP contribution in [0.5, 0.6) is 0 Å². The molecular weight excluding hydrogens is 244 g/mol. The molecule has 19 heavy (non-hydrogen) atoms. The molecule has 1 amide bonds. The molecule has 0 aromatic rings. The van der Waals surface area contributed by atoms with Crippen molar-refractivity contribution in [3.05, 3.63) is 0 Å². The summed E-state index contributed by atoms with van der Waals surface area (Å²) in [5.41, 5.74) is 5.74. The second kappa shape index (κ2) is 4.63. The van der Waals surface area contributed by atoms with Gasteiger partial charge in [0.15, 0.2) is 0 Å². The van der Waals surface area contributed by atoms with E-state index in [1.54, 1.807) is 4.90 Å². The zero-order valence-corrected chi connectivity index (χ0v) is 12.6. The van der Waals surface area contributed by atoms with Gasteiger partial charge in [-0.05, 0) is 26.2 Å². The average Bonchev–Trinajstić information content (AvgIpc) is 2.76. The van der Waals surface area contributed by atoms with E-state index in [4.69, 9.17) is 15.2 Å². The number of hydrogen-bond acceptors (Lipinski definition) is 4. The van der Waals surface area contributed by atoms with Crippen LogP contribution < -0.4 is 5.73 Å². The third-order valence-electron chi connectivity index (χ3n) is 4.14. The van der Waals surface area contributed by atoms with Gasteiger partial charge in [0.2, 0.25) is 0 Å². The number of hydrogen-bond donors (Lipinski definition) is 1. The molecule has 1 saturated heterocycles. The Morgan fingerprint density at radius 2 is 2.00 bits per heavy atom. The number of carbonyl (C=O) groups excluding carboxylic acids is 1. The number of nitrogens with zero attached hydrogens (tertiary/aromatic N) is 1. The Kier molecular flexibility index (Phi) is 3.56. The van der Waals surface area contributed by atoms with E-state index in [1.165, 1.54) is 0 Å². The molecule has 0 aromatic carbocycles. The van der Waals surface area contributed by atoms with Crippen LogP contribution in [0.2, 0.25) is 0 Å². The molecule has 0 aromatic heterocycles. The molecule has 1 aliphatic carbocycles. The van der Waals surface area contributed by atoms with Crippen LogP contribution in [-0.2, 0) is 9.47 Å². The molecule has 0 bridgehead atoms. The van der Waals surface area contributed by atoms with Crippen molar-refractivity contribution in [2.75, 3.05) is 19.7 Å². The van der Waals surface area contributed by atoms with Crippen molar-refractivity contribution in [1.29, 1.82) is 0 Å². The summed E-state index contributed by atoms with van der Waals surface area (Å²) in [5.74, 6) is 0.331. The third-order valence-corrected chi connectivity index (χ3v) is 4.14. The van der Waals surface area contributed by atoms with Crippen LogP contribution in [0.25, 0.3) is 0 Å². The lowest BCUT2D eigenvalue weighted by Gasteiger charge is -2.34. The van der Waals surface area contributed by atoms with Crippen LogP contribution in [0.15, 0.2) is 0 Å². The second-order valence-corrected chi connectivity index (χ2v) is 7.21. The minimum Gasteiger partial charge on any atom is -0.444 e. The largest absolute Gasteiger partial charge is 0.444 e. The van der Waals surface area contributed by atoms with Gasteiger partial charge in [-0.1, -0.05) is 13.8 Å². The maximum Gasteiger partial charge on any atom is 0.410 e. The van der Waals surface area contributed by atoms with E-state index < -0.39 is 5.60 Å². The molecule has 0 radical (unpaired) electrons. The minimum atomic E-state index is -0.458. The summed E-state index contributed by atoms with van der Waals surface area (Å²) in [5, 5.41) is 0. The van der Waals surface area contributed by atoms with Gasteiger partial charge in [-0.2, -0.15) is 0 Å². The van der Waals surface area contributed by atoms with Gasteiger partial charge in [-0.15, -0.1) is 0 Å². The first kappa shape index (κ1) is 14.6. The maximum atomic E-state index is 12.1. The molecule has 2 N–H and O–H groups in total. The van der Waals surface area contributed by atoms with Gasteiger partial charge in [-0.3, -0.25) is 0 Å². The summed E-state index contributed by atoms with van der Waals surface area (Å²) < 4.78 is 11.2. The molecule has 2 rings (SSSR count). The Hall–Kier alpha value is -0.810. The molecule has 110 valence electrons. The van der Waals surface area contributed by atoms with Crippen molar-refractivity contribution >= 4 is 6.09 Å². The Morgan fingerprint density at radius 3 is 2.47 bits per heavy atom. The zero-order chi connectivity index (χ0) is 14.4. The van der Waals surface area contributed by atoms with E-state index in [-0.39, 0.29) is 23.7 Å². The summed E-state index contributed by atoms with van der Waals surface area (Å²) in [7, 11) is 0. The topological polar surface area (TPSA) is 64.8 Å². The molecule has 1 saturated carbocycles. The van der Waals surface area contributed by atoms with Gasteiger partial charge in [0.25, 0.3) is 0 Å². The minimum absolute atomic E-state index is 0.0336. The Balaban J connectivity index is 1.93. The molecule has 3 atom stereocenters. The zero-order valence-electron chi connectivity index (χ0n) is 12.6. The highest BCUT2D eigenvalue weighted by atomic mass is 16.6. The summed E-state index contributed by atoms with van der Waals surface area (Å²) in [6, 6.07) is 0.163. The van der Waals surface area contributed by atoms with E-state index in [0.29, 0.717) is 25.6 Å². The first-order chi connectivity index (χ1) is 8.63. The molecule has 5 heteroatoms. The quantitative estimate of drug-likeness (QED) is 0.786. The van der Waals surface area contributed by atoms with E-state index in [1.807, 2.05) is 20.8 Å². The summed E-state index contributed by atoms with van der Waals surface area (Å²) in [4.78, 5) is 13.8. The first-order valence-electron chi connectivity index (χ1n) is 6.98. The smallest absolute Gasteiger partial charge is 0.410 e. The van der Waals surface area contributed by atoms with Crippen LogP contribution in [0, 0.1) is 11.3 Å². The summed E-state index contributed by atoms with van der Waals surface area (Å²) >= 11 is 0. The van der Waals surface area contributed by atoms with Gasteiger partial charge >= 0.3 is 6.09 Å². The predicted octanol–water partition coefficient (Wildman–Crippen LogP) is 1.61. The van der Waals surface area contributed by atoms with Gasteiger partial charge in [0.1, 0.15) is 5.60 Å². The van der Waals surface area contributed by atoms with E-state index in [9.17, 15) is 4.79 Å². The monoisotopic (exact) mass is 270 g/mol. The van der Waals surface area contributed by atoms with E-state index in [0.717, 1.165) is 0 Å². The van der Waals surface area contributed by atoms with E-state index in [2.05, 4.69) is 13.8 Å². The fourth-order valence-electron chi connectivity index (χ4n) is 2.81. The van der Waals surface area contributed by atoms with Crippen LogP contribution in [-0.4, -0.2) is 48.4 Å². The lowest BCUT2D eigenvalue weighted by molar-refractivity contribution is -0.0538. The molecule has 1 unspecified atom stereocenters. The molecule has 5 nitrogen and oxygen atoms in total. The molecule has 1 heterocycles. The Bertz CT molecular complexity index is 362. The number of rotatable bonds is 1. The summed E-state index contributed by atoms with van der Waals surface area (Å²) in [6.45, 7) is 11.7. The van der Waals surface area contributed by atoms with Gasteiger partial charge < -0.3 is 20.1 Å². The second-order valence-electron chi connectivity index (χ2n) is 7.21. The highest BCUT2D eigenvalue weighted by molar-refractivity contribution is 5.68. The number of morpholine rings is 1. The normalized spacial score (nSPS) is 34.0. The predicted molar refractivity (Wildman–Crippen MR) is 72.8 cm³/mol. The first-order valence-corrected chi connectivity index (χ1v) is 6.98. The Morgan fingerprint density at radius 1 is 1.42 bits per heavy atom. The van der Waals surface area contributed by atoms with Gasteiger partial charge in [0.05, 0.1) is 19.3 Å². The van der Waals surface area contributed by atoms with Crippen LogP contribution in [0.1, 0.15) is 34.6 Å². The molecule has 2 aliphatic rings. The highest BCUT2D eigenvalue weighted by Gasteiger charge is 2.60.